The van der Waals surface area contributed by atoms with E-state index in [9.17, 15) is 4.79 Å². The first kappa shape index (κ1) is 11.4. The van der Waals surface area contributed by atoms with E-state index in [4.69, 9.17) is 0 Å². The zero-order valence-corrected chi connectivity index (χ0v) is 10.3. The summed E-state index contributed by atoms with van der Waals surface area (Å²) in [6.45, 7) is 3.99. The van der Waals surface area contributed by atoms with E-state index in [-0.39, 0.29) is 5.92 Å². The van der Waals surface area contributed by atoms with Crippen LogP contribution in [0.3, 0.4) is 0 Å². The van der Waals surface area contributed by atoms with Crippen molar-refractivity contribution in [1.29, 1.82) is 0 Å². The van der Waals surface area contributed by atoms with E-state index in [2.05, 4.69) is 18.2 Å². The van der Waals surface area contributed by atoms with Gasteiger partial charge in [-0.3, -0.25) is 4.79 Å². The molecule has 0 fully saturated rings. The number of hydrogen-bond donors (Lipinski definition) is 0. The molecule has 0 saturated heterocycles. The zero-order chi connectivity index (χ0) is 11.5. The number of hydrogen-bond acceptors (Lipinski definition) is 1. The molecular weight excluding hydrogens is 196 g/mol. The predicted molar refractivity (Wildman–Crippen MR) is 66.6 cm³/mol. The fraction of sp³-hybridized carbons (Fsp3) is 0.533. The molecule has 0 amide bonds. The Bertz CT molecular complexity index is 392. The summed E-state index contributed by atoms with van der Waals surface area (Å²) in [7, 11) is 0. The molecule has 1 nitrogen and oxygen atoms in total. The van der Waals surface area contributed by atoms with Gasteiger partial charge in [0.15, 0.2) is 0 Å². The van der Waals surface area contributed by atoms with Crippen LogP contribution in [0.4, 0.5) is 0 Å². The molecule has 1 aliphatic carbocycles. The zero-order valence-electron chi connectivity index (χ0n) is 10.3. The topological polar surface area (TPSA) is 17.1 Å². The van der Waals surface area contributed by atoms with Gasteiger partial charge in [0.05, 0.1) is 0 Å². The van der Waals surface area contributed by atoms with Crippen LogP contribution in [0.1, 0.15) is 43.4 Å². The van der Waals surface area contributed by atoms with Crippen molar-refractivity contribution in [1.82, 2.24) is 0 Å². The standard InChI is InChI=1S/C15H20O/c1-3-15(16)11(2)9-12-7-8-13-5-4-6-14(13)10-12/h7-8,10-11H,3-6,9H2,1-2H3. The van der Waals surface area contributed by atoms with Gasteiger partial charge in [-0.15, -0.1) is 0 Å². The van der Waals surface area contributed by atoms with Crippen LogP contribution in [0.2, 0.25) is 0 Å². The average Bonchev–Trinajstić information content (AvgIpc) is 2.75. The summed E-state index contributed by atoms with van der Waals surface area (Å²) in [5, 5.41) is 0. The second-order valence-electron chi connectivity index (χ2n) is 4.88. The lowest BCUT2D eigenvalue weighted by molar-refractivity contribution is -0.122. The number of ketones is 1. The quantitative estimate of drug-likeness (QED) is 0.754. The Morgan fingerprint density at radius 2 is 2.06 bits per heavy atom. The second kappa shape index (κ2) is 4.82. The number of aryl methyl sites for hydroxylation is 2. The summed E-state index contributed by atoms with van der Waals surface area (Å²) >= 11 is 0. The van der Waals surface area contributed by atoms with E-state index in [0.29, 0.717) is 12.2 Å². The van der Waals surface area contributed by atoms with Crippen molar-refractivity contribution in [2.75, 3.05) is 0 Å². The third-order valence-corrected chi connectivity index (χ3v) is 3.60. The summed E-state index contributed by atoms with van der Waals surface area (Å²) in [6.07, 6.45) is 5.31. The summed E-state index contributed by atoms with van der Waals surface area (Å²) in [5.74, 6) is 0.546. The Balaban J connectivity index is 2.08. The minimum atomic E-state index is 0.171. The number of fused-ring (bicyclic) bond motifs is 1. The summed E-state index contributed by atoms with van der Waals surface area (Å²) in [4.78, 5) is 11.5. The van der Waals surface area contributed by atoms with Crippen molar-refractivity contribution in [3.63, 3.8) is 0 Å². The van der Waals surface area contributed by atoms with Gasteiger partial charge in [0.2, 0.25) is 0 Å². The lowest BCUT2D eigenvalue weighted by Gasteiger charge is -2.10. The van der Waals surface area contributed by atoms with Gasteiger partial charge in [-0.25, -0.2) is 0 Å². The van der Waals surface area contributed by atoms with Crippen molar-refractivity contribution in [3.05, 3.63) is 34.9 Å². The Kier molecular flexibility index (Phi) is 3.42. The van der Waals surface area contributed by atoms with Gasteiger partial charge in [0, 0.05) is 12.3 Å². The fourth-order valence-electron chi connectivity index (χ4n) is 2.57. The van der Waals surface area contributed by atoms with Crippen LogP contribution in [0.5, 0.6) is 0 Å². The van der Waals surface area contributed by atoms with Crippen LogP contribution in [-0.4, -0.2) is 5.78 Å². The van der Waals surface area contributed by atoms with Gasteiger partial charge in [-0.05, 0) is 42.4 Å². The first-order valence-corrected chi connectivity index (χ1v) is 6.34. The fourth-order valence-corrected chi connectivity index (χ4v) is 2.57. The molecule has 1 aromatic carbocycles. The van der Waals surface area contributed by atoms with Crippen molar-refractivity contribution < 1.29 is 4.79 Å². The number of Topliss-reactive ketones (excluding diaryl/α,β-unsaturated/α-hetero) is 1. The van der Waals surface area contributed by atoms with Gasteiger partial charge in [0.25, 0.3) is 0 Å². The molecule has 0 aliphatic heterocycles. The molecule has 0 spiro atoms. The van der Waals surface area contributed by atoms with Crippen molar-refractivity contribution in [2.24, 2.45) is 5.92 Å². The van der Waals surface area contributed by atoms with Crippen molar-refractivity contribution in [2.45, 2.75) is 46.0 Å². The van der Waals surface area contributed by atoms with Crippen molar-refractivity contribution in [3.8, 4) is 0 Å². The van der Waals surface area contributed by atoms with Crippen LogP contribution >= 0.6 is 0 Å². The van der Waals surface area contributed by atoms with E-state index < -0.39 is 0 Å². The van der Waals surface area contributed by atoms with Gasteiger partial charge in [0.1, 0.15) is 5.78 Å². The highest BCUT2D eigenvalue weighted by atomic mass is 16.1. The van der Waals surface area contributed by atoms with Crippen LogP contribution in [-0.2, 0) is 24.1 Å². The average molecular weight is 216 g/mol. The molecule has 16 heavy (non-hydrogen) atoms. The number of carbonyl (C=O) groups excluding carboxylic acids is 1. The number of benzene rings is 1. The summed E-state index contributed by atoms with van der Waals surface area (Å²) < 4.78 is 0. The first-order chi connectivity index (χ1) is 7.70. The summed E-state index contributed by atoms with van der Waals surface area (Å²) in [5.41, 5.74) is 4.35. The number of rotatable bonds is 4. The molecule has 0 saturated carbocycles. The second-order valence-corrected chi connectivity index (χ2v) is 4.88. The highest BCUT2D eigenvalue weighted by Crippen LogP contribution is 2.24. The Hall–Kier alpha value is -1.11. The normalized spacial score (nSPS) is 15.9. The van der Waals surface area contributed by atoms with E-state index in [1.54, 1.807) is 0 Å². The molecule has 0 aromatic heterocycles. The molecule has 1 aromatic rings. The lowest BCUT2D eigenvalue weighted by atomic mass is 9.94. The molecule has 86 valence electrons. The SMILES string of the molecule is CCC(=O)C(C)Cc1ccc2c(c1)CCC2. The Morgan fingerprint density at radius 1 is 1.31 bits per heavy atom. The minimum Gasteiger partial charge on any atom is -0.299 e. The maximum Gasteiger partial charge on any atom is 0.135 e. The molecule has 0 heterocycles. The Morgan fingerprint density at radius 3 is 2.81 bits per heavy atom. The Labute approximate surface area is 97.9 Å². The van der Waals surface area contributed by atoms with E-state index in [1.807, 2.05) is 13.8 Å². The van der Waals surface area contributed by atoms with Crippen LogP contribution < -0.4 is 0 Å². The molecule has 0 bridgehead atoms. The number of carbonyl (C=O) groups is 1. The maximum atomic E-state index is 11.5. The van der Waals surface area contributed by atoms with E-state index in [0.717, 1.165) is 6.42 Å². The third-order valence-electron chi connectivity index (χ3n) is 3.60. The van der Waals surface area contributed by atoms with E-state index in [1.165, 1.54) is 36.0 Å². The molecule has 1 aliphatic rings. The monoisotopic (exact) mass is 216 g/mol. The lowest BCUT2D eigenvalue weighted by Crippen LogP contribution is -2.12. The maximum absolute atomic E-state index is 11.5. The molecule has 1 unspecified atom stereocenters. The third kappa shape index (κ3) is 2.34. The van der Waals surface area contributed by atoms with Crippen LogP contribution in [0.25, 0.3) is 0 Å². The van der Waals surface area contributed by atoms with Gasteiger partial charge in [-0.1, -0.05) is 32.0 Å². The molecule has 0 N–H and O–H groups in total. The van der Waals surface area contributed by atoms with E-state index >= 15 is 0 Å². The molecule has 0 radical (unpaired) electrons. The largest absolute Gasteiger partial charge is 0.299 e. The van der Waals surface area contributed by atoms with Crippen LogP contribution in [0, 0.1) is 5.92 Å². The van der Waals surface area contributed by atoms with Gasteiger partial charge >= 0.3 is 0 Å². The minimum absolute atomic E-state index is 0.171. The predicted octanol–water partition coefficient (Wildman–Crippen LogP) is 3.33. The first-order valence-electron chi connectivity index (χ1n) is 6.34. The smallest absolute Gasteiger partial charge is 0.135 e. The highest BCUT2D eigenvalue weighted by Gasteiger charge is 2.14. The van der Waals surface area contributed by atoms with Crippen LogP contribution in [0.15, 0.2) is 18.2 Å². The molecule has 2 rings (SSSR count). The molecule has 1 heteroatoms. The van der Waals surface area contributed by atoms with Crippen molar-refractivity contribution >= 4 is 5.78 Å². The van der Waals surface area contributed by atoms with Gasteiger partial charge in [-0.2, -0.15) is 0 Å². The highest BCUT2D eigenvalue weighted by molar-refractivity contribution is 5.80. The summed E-state index contributed by atoms with van der Waals surface area (Å²) in [6, 6.07) is 6.76. The molecular formula is C15H20O. The molecule has 1 atom stereocenters. The van der Waals surface area contributed by atoms with Gasteiger partial charge < -0.3 is 0 Å².